The third-order valence-corrected chi connectivity index (χ3v) is 2.82. The number of ether oxygens (including phenoxy) is 2. The average molecular weight is 245 g/mol. The van der Waals surface area contributed by atoms with Crippen molar-refractivity contribution in [3.05, 3.63) is 48.4 Å². The lowest BCUT2D eigenvalue weighted by molar-refractivity contribution is 0.0898. The molecule has 0 aliphatic carbocycles. The SMILES string of the molecule is c1coc(CNCC2COc3ccccc3O2)c1. The van der Waals surface area contributed by atoms with E-state index >= 15 is 0 Å². The van der Waals surface area contributed by atoms with Gasteiger partial charge < -0.3 is 19.2 Å². The van der Waals surface area contributed by atoms with Crippen LogP contribution in [-0.4, -0.2) is 19.3 Å². The monoisotopic (exact) mass is 245 g/mol. The van der Waals surface area contributed by atoms with E-state index in [0.717, 1.165) is 23.8 Å². The van der Waals surface area contributed by atoms with Crippen LogP contribution in [0.15, 0.2) is 47.1 Å². The van der Waals surface area contributed by atoms with E-state index in [1.54, 1.807) is 6.26 Å². The van der Waals surface area contributed by atoms with Crippen molar-refractivity contribution in [3.63, 3.8) is 0 Å². The summed E-state index contributed by atoms with van der Waals surface area (Å²) in [6, 6.07) is 11.6. The van der Waals surface area contributed by atoms with Crippen LogP contribution in [0, 0.1) is 0 Å². The normalized spacial score (nSPS) is 17.7. The molecule has 0 radical (unpaired) electrons. The molecule has 0 amide bonds. The lowest BCUT2D eigenvalue weighted by Gasteiger charge is -2.26. The number of fused-ring (bicyclic) bond motifs is 1. The summed E-state index contributed by atoms with van der Waals surface area (Å²) in [6.45, 7) is 2.01. The van der Waals surface area contributed by atoms with Crippen LogP contribution in [0.1, 0.15) is 5.76 Å². The molecule has 1 atom stereocenters. The molecule has 1 aromatic carbocycles. The highest BCUT2D eigenvalue weighted by Crippen LogP contribution is 2.30. The Bertz CT molecular complexity index is 496. The van der Waals surface area contributed by atoms with E-state index in [-0.39, 0.29) is 6.10 Å². The summed E-state index contributed by atoms with van der Waals surface area (Å²) in [5.41, 5.74) is 0. The predicted molar refractivity (Wildman–Crippen MR) is 66.8 cm³/mol. The smallest absolute Gasteiger partial charge is 0.161 e. The van der Waals surface area contributed by atoms with E-state index < -0.39 is 0 Å². The highest BCUT2D eigenvalue weighted by atomic mass is 16.6. The number of para-hydroxylation sites is 2. The molecule has 2 heterocycles. The van der Waals surface area contributed by atoms with Gasteiger partial charge in [0.1, 0.15) is 18.5 Å². The topological polar surface area (TPSA) is 43.6 Å². The second-order valence-electron chi connectivity index (χ2n) is 4.21. The van der Waals surface area contributed by atoms with Crippen LogP contribution >= 0.6 is 0 Å². The number of hydrogen-bond acceptors (Lipinski definition) is 4. The van der Waals surface area contributed by atoms with Gasteiger partial charge in [-0.2, -0.15) is 0 Å². The molecule has 94 valence electrons. The Morgan fingerprint density at radius 2 is 2.00 bits per heavy atom. The molecule has 3 rings (SSSR count). The van der Waals surface area contributed by atoms with E-state index in [2.05, 4.69) is 5.32 Å². The van der Waals surface area contributed by atoms with E-state index in [9.17, 15) is 0 Å². The third kappa shape index (κ3) is 2.49. The molecule has 0 saturated carbocycles. The Balaban J connectivity index is 1.51. The van der Waals surface area contributed by atoms with Gasteiger partial charge in [-0.3, -0.25) is 0 Å². The van der Waals surface area contributed by atoms with Crippen LogP contribution in [0.25, 0.3) is 0 Å². The van der Waals surface area contributed by atoms with E-state index in [1.165, 1.54) is 0 Å². The third-order valence-electron chi connectivity index (χ3n) is 2.82. The van der Waals surface area contributed by atoms with Gasteiger partial charge in [-0.25, -0.2) is 0 Å². The lowest BCUT2D eigenvalue weighted by Crippen LogP contribution is -2.38. The van der Waals surface area contributed by atoms with Crippen molar-refractivity contribution < 1.29 is 13.9 Å². The molecule has 1 aliphatic heterocycles. The van der Waals surface area contributed by atoms with Gasteiger partial charge in [-0.1, -0.05) is 12.1 Å². The maximum atomic E-state index is 5.83. The number of nitrogens with one attached hydrogen (secondary N) is 1. The summed E-state index contributed by atoms with van der Waals surface area (Å²) in [7, 11) is 0. The van der Waals surface area contributed by atoms with Crippen molar-refractivity contribution in [1.82, 2.24) is 5.32 Å². The Morgan fingerprint density at radius 3 is 2.83 bits per heavy atom. The molecule has 1 unspecified atom stereocenters. The summed E-state index contributed by atoms with van der Waals surface area (Å²) in [5.74, 6) is 2.56. The maximum absolute atomic E-state index is 5.83. The molecule has 2 aromatic rings. The molecule has 1 N–H and O–H groups in total. The van der Waals surface area contributed by atoms with Gasteiger partial charge in [0.15, 0.2) is 11.5 Å². The fourth-order valence-electron chi connectivity index (χ4n) is 1.93. The molecular formula is C14H15NO3. The Morgan fingerprint density at radius 1 is 1.11 bits per heavy atom. The Kier molecular flexibility index (Phi) is 3.19. The van der Waals surface area contributed by atoms with Crippen LogP contribution in [0.5, 0.6) is 11.5 Å². The second-order valence-corrected chi connectivity index (χ2v) is 4.21. The van der Waals surface area contributed by atoms with E-state index in [4.69, 9.17) is 13.9 Å². The fraction of sp³-hybridized carbons (Fsp3) is 0.286. The zero-order valence-electron chi connectivity index (χ0n) is 9.96. The molecule has 1 aliphatic rings. The van der Waals surface area contributed by atoms with Crippen molar-refractivity contribution in [3.8, 4) is 11.5 Å². The summed E-state index contributed by atoms with van der Waals surface area (Å²) < 4.78 is 16.7. The van der Waals surface area contributed by atoms with Crippen molar-refractivity contribution in [1.29, 1.82) is 0 Å². The summed E-state index contributed by atoms with van der Waals surface area (Å²) in [4.78, 5) is 0. The predicted octanol–water partition coefficient (Wildman–Crippen LogP) is 2.21. The molecule has 4 nitrogen and oxygen atoms in total. The second kappa shape index (κ2) is 5.14. The molecule has 0 bridgehead atoms. The van der Waals surface area contributed by atoms with Gasteiger partial charge in [0.2, 0.25) is 0 Å². The van der Waals surface area contributed by atoms with E-state index in [1.807, 2.05) is 36.4 Å². The van der Waals surface area contributed by atoms with Crippen LogP contribution < -0.4 is 14.8 Å². The largest absolute Gasteiger partial charge is 0.486 e. The van der Waals surface area contributed by atoms with Crippen LogP contribution in [0.4, 0.5) is 0 Å². The molecule has 1 aromatic heterocycles. The summed E-state index contributed by atoms with van der Waals surface area (Å²) >= 11 is 0. The van der Waals surface area contributed by atoms with Crippen LogP contribution in [0.3, 0.4) is 0 Å². The Hall–Kier alpha value is -1.94. The summed E-state index contributed by atoms with van der Waals surface area (Å²) in [6.07, 6.45) is 1.71. The van der Waals surface area contributed by atoms with Gasteiger partial charge >= 0.3 is 0 Å². The van der Waals surface area contributed by atoms with Gasteiger partial charge in [0, 0.05) is 6.54 Å². The zero-order chi connectivity index (χ0) is 12.2. The minimum atomic E-state index is 0.0369. The van der Waals surface area contributed by atoms with Gasteiger partial charge in [-0.15, -0.1) is 0 Å². The maximum Gasteiger partial charge on any atom is 0.161 e. The number of rotatable bonds is 4. The van der Waals surface area contributed by atoms with Crippen molar-refractivity contribution >= 4 is 0 Å². The van der Waals surface area contributed by atoms with Crippen molar-refractivity contribution in [2.75, 3.05) is 13.2 Å². The average Bonchev–Trinajstić information content (AvgIpc) is 2.92. The highest BCUT2D eigenvalue weighted by molar-refractivity contribution is 5.40. The molecule has 0 fully saturated rings. The van der Waals surface area contributed by atoms with Crippen LogP contribution in [0.2, 0.25) is 0 Å². The first-order valence-electron chi connectivity index (χ1n) is 6.03. The highest BCUT2D eigenvalue weighted by Gasteiger charge is 2.19. The van der Waals surface area contributed by atoms with Crippen molar-refractivity contribution in [2.24, 2.45) is 0 Å². The number of furan rings is 1. The standard InChI is InChI=1S/C14H15NO3/c1-2-6-14-13(5-1)17-10-12(18-14)9-15-8-11-4-3-7-16-11/h1-7,12,15H,8-10H2. The van der Waals surface area contributed by atoms with Crippen LogP contribution in [-0.2, 0) is 6.54 Å². The first-order chi connectivity index (χ1) is 8.92. The van der Waals surface area contributed by atoms with Crippen molar-refractivity contribution in [2.45, 2.75) is 12.6 Å². The molecule has 4 heteroatoms. The minimum Gasteiger partial charge on any atom is -0.486 e. The number of hydrogen-bond donors (Lipinski definition) is 1. The molecular weight excluding hydrogens is 230 g/mol. The Labute approximate surface area is 106 Å². The lowest BCUT2D eigenvalue weighted by atomic mass is 10.2. The van der Waals surface area contributed by atoms with Gasteiger partial charge in [-0.05, 0) is 24.3 Å². The fourth-order valence-corrected chi connectivity index (χ4v) is 1.93. The quantitative estimate of drug-likeness (QED) is 0.897. The first-order valence-corrected chi connectivity index (χ1v) is 6.03. The molecule has 0 saturated heterocycles. The number of benzene rings is 1. The van der Waals surface area contributed by atoms with Gasteiger partial charge in [0.05, 0.1) is 12.8 Å². The van der Waals surface area contributed by atoms with Gasteiger partial charge in [0.25, 0.3) is 0 Å². The molecule has 18 heavy (non-hydrogen) atoms. The zero-order valence-corrected chi connectivity index (χ0v) is 9.96. The minimum absolute atomic E-state index is 0.0369. The molecule has 0 spiro atoms. The van der Waals surface area contributed by atoms with E-state index in [0.29, 0.717) is 13.2 Å². The summed E-state index contributed by atoms with van der Waals surface area (Å²) in [5, 5.41) is 3.29. The first kappa shape index (κ1) is 11.2.